The van der Waals surface area contributed by atoms with Crippen molar-refractivity contribution in [2.75, 3.05) is 24.6 Å². The molecule has 0 aromatic heterocycles. The second-order valence-corrected chi connectivity index (χ2v) is 12.9. The van der Waals surface area contributed by atoms with E-state index in [9.17, 15) is 14.7 Å². The maximum Gasteiger partial charge on any atom is 0.335 e. The summed E-state index contributed by atoms with van der Waals surface area (Å²) in [5, 5.41) is 34.8. The molecule has 0 spiro atoms. The first-order valence-electron chi connectivity index (χ1n) is 12.4. The molecule has 33 heavy (non-hydrogen) atoms. The number of hydrogen-bond acceptors (Lipinski definition) is 4. The maximum atomic E-state index is 10.7. The van der Waals surface area contributed by atoms with Crippen LogP contribution in [-0.2, 0) is 4.79 Å². The van der Waals surface area contributed by atoms with Gasteiger partial charge in [-0.25, -0.2) is 9.59 Å². The van der Waals surface area contributed by atoms with Gasteiger partial charge in [-0.1, -0.05) is 77.3 Å². The van der Waals surface area contributed by atoms with Crippen molar-refractivity contribution in [3.8, 4) is 5.75 Å². The number of aliphatic hydroxyl groups excluding tert-OH is 1. The van der Waals surface area contributed by atoms with Crippen LogP contribution in [-0.4, -0.2) is 58.0 Å². The Morgan fingerprint density at radius 1 is 0.818 bits per heavy atom. The molecule has 0 aliphatic rings. The van der Waals surface area contributed by atoms with Gasteiger partial charge in [-0.2, -0.15) is 0 Å². The molecule has 192 valence electrons. The number of para-hydroxylation sites is 1. The van der Waals surface area contributed by atoms with Gasteiger partial charge in [0.05, 0.1) is 30.2 Å². The van der Waals surface area contributed by atoms with Crippen LogP contribution in [0.1, 0.15) is 96.3 Å². The zero-order valence-electron chi connectivity index (χ0n) is 21.4. The van der Waals surface area contributed by atoms with Crippen molar-refractivity contribution in [2.45, 2.75) is 92.1 Å². The molecular formula is C26H47O6P. The number of benzene rings is 1. The highest BCUT2D eigenvalue weighted by atomic mass is 31.2. The molecule has 3 N–H and O–H groups in total. The minimum atomic E-state index is -1.23. The monoisotopic (exact) mass is 486 g/mol. The van der Waals surface area contributed by atoms with Crippen molar-refractivity contribution in [1.29, 1.82) is 0 Å². The normalized spacial score (nSPS) is 11.5. The maximum absolute atomic E-state index is 10.7. The first kappa shape index (κ1) is 33.5. The number of rotatable bonds is 14. The third-order valence-corrected chi connectivity index (χ3v) is 10.5. The van der Waals surface area contributed by atoms with E-state index >= 15 is 0 Å². The van der Waals surface area contributed by atoms with Crippen LogP contribution in [0.15, 0.2) is 24.3 Å². The van der Waals surface area contributed by atoms with Gasteiger partial charge in [-0.3, -0.25) is 0 Å². The van der Waals surface area contributed by atoms with Crippen LogP contribution in [0.5, 0.6) is 5.75 Å². The van der Waals surface area contributed by atoms with Gasteiger partial charge >= 0.3 is 11.9 Å². The van der Waals surface area contributed by atoms with Crippen molar-refractivity contribution >= 4 is 19.2 Å². The topological polar surface area (TPSA) is 118 Å². The lowest BCUT2D eigenvalue weighted by atomic mass is 10.2. The summed E-state index contributed by atoms with van der Waals surface area (Å²) in [5.41, 5.74) is -0.178. The molecule has 0 amide bonds. The lowest BCUT2D eigenvalue weighted by Gasteiger charge is -2.28. The van der Waals surface area contributed by atoms with Gasteiger partial charge in [-0.05, 0) is 38.7 Å². The van der Waals surface area contributed by atoms with Crippen LogP contribution in [0.3, 0.4) is 0 Å². The molecule has 7 heteroatoms. The minimum Gasteiger partial charge on any atom is -0.872 e. The summed E-state index contributed by atoms with van der Waals surface area (Å²) in [5.74, 6) is -2.81. The van der Waals surface area contributed by atoms with E-state index in [1.165, 1.54) is 82.6 Å². The van der Waals surface area contributed by atoms with Crippen LogP contribution in [0.4, 0.5) is 0 Å². The van der Waals surface area contributed by atoms with Crippen LogP contribution >= 0.6 is 7.26 Å². The molecule has 0 radical (unpaired) electrons. The lowest BCUT2D eigenvalue weighted by Crippen LogP contribution is -2.13. The highest BCUT2D eigenvalue weighted by molar-refractivity contribution is 7.75. The zero-order valence-corrected chi connectivity index (χ0v) is 22.3. The molecule has 1 aromatic carbocycles. The van der Waals surface area contributed by atoms with E-state index in [0.717, 1.165) is 0 Å². The van der Waals surface area contributed by atoms with Gasteiger partial charge in [0, 0.05) is 7.26 Å². The second kappa shape index (κ2) is 20.9. The number of carboxylic acid groups (broad SMARTS) is 2. The number of aliphatic hydroxyl groups is 1. The molecule has 1 aromatic rings. The molecular weight excluding hydrogens is 439 g/mol. The Bertz CT molecular complexity index is 595. The SMILES string of the molecule is CC(O)C(=O)O.CCCC[P+](CCCC)(CCCC)CCCC.O=C(O)c1ccccc1[O-]. The summed E-state index contributed by atoms with van der Waals surface area (Å²) in [6.07, 6.45) is 16.7. The quantitative estimate of drug-likeness (QED) is 0.273. The molecule has 0 aliphatic carbocycles. The molecule has 0 aliphatic heterocycles. The van der Waals surface area contributed by atoms with Crippen LogP contribution in [0, 0.1) is 0 Å². The Hall–Kier alpha value is -1.65. The largest absolute Gasteiger partial charge is 0.872 e. The number of aliphatic carboxylic acids is 1. The Balaban J connectivity index is 0. The average Bonchev–Trinajstić information content (AvgIpc) is 2.79. The van der Waals surface area contributed by atoms with Crippen molar-refractivity contribution in [2.24, 2.45) is 0 Å². The minimum absolute atomic E-state index is 0.178. The Morgan fingerprint density at radius 3 is 1.36 bits per heavy atom. The van der Waals surface area contributed by atoms with E-state index in [-0.39, 0.29) is 5.56 Å². The standard InChI is InChI=1S/C16H36P.C7H6O3.C3H6O3/c1-5-9-13-17(14-10-6-2,15-11-7-3)16-12-8-4;8-6-4-2-1-3-5(6)7(9)10;1-2(4)3(5)6/h5-16H2,1-4H3;1-4,8H,(H,9,10);2,4H,1H3,(H,5,6)/q+1;;/p-1. The first-order chi connectivity index (χ1) is 15.6. The summed E-state index contributed by atoms with van der Waals surface area (Å²) < 4.78 is 0. The summed E-state index contributed by atoms with van der Waals surface area (Å²) in [4.78, 5) is 19.7. The van der Waals surface area contributed by atoms with Crippen molar-refractivity contribution in [3.05, 3.63) is 29.8 Å². The summed E-state index contributed by atoms with van der Waals surface area (Å²) in [6.45, 7) is 10.6. The number of unbranched alkanes of at least 4 members (excludes halogenated alkanes) is 4. The molecule has 0 bridgehead atoms. The highest BCUT2D eigenvalue weighted by Crippen LogP contribution is 2.61. The lowest BCUT2D eigenvalue weighted by molar-refractivity contribution is -0.268. The van der Waals surface area contributed by atoms with Crippen molar-refractivity contribution in [1.82, 2.24) is 0 Å². The number of carbonyl (C=O) groups is 2. The fourth-order valence-corrected chi connectivity index (χ4v) is 8.58. The molecule has 0 saturated heterocycles. The molecule has 1 unspecified atom stereocenters. The first-order valence-corrected chi connectivity index (χ1v) is 14.9. The van der Waals surface area contributed by atoms with E-state index in [0.29, 0.717) is 0 Å². The third kappa shape index (κ3) is 17.5. The van der Waals surface area contributed by atoms with Gasteiger partial charge in [0.2, 0.25) is 0 Å². The average molecular weight is 487 g/mol. The highest BCUT2D eigenvalue weighted by Gasteiger charge is 2.34. The van der Waals surface area contributed by atoms with Crippen LogP contribution in [0.2, 0.25) is 0 Å². The van der Waals surface area contributed by atoms with Crippen molar-refractivity contribution < 1.29 is 30.0 Å². The zero-order chi connectivity index (χ0) is 25.7. The smallest absolute Gasteiger partial charge is 0.335 e. The van der Waals surface area contributed by atoms with E-state index in [1.54, 1.807) is 24.6 Å². The van der Waals surface area contributed by atoms with Gasteiger partial charge in [0.1, 0.15) is 6.10 Å². The molecule has 1 rings (SSSR count). The van der Waals surface area contributed by atoms with Crippen LogP contribution in [0.25, 0.3) is 0 Å². The molecule has 0 fully saturated rings. The fraction of sp³-hybridized carbons (Fsp3) is 0.692. The van der Waals surface area contributed by atoms with E-state index in [1.807, 2.05) is 0 Å². The van der Waals surface area contributed by atoms with E-state index in [4.69, 9.17) is 15.3 Å². The van der Waals surface area contributed by atoms with Crippen molar-refractivity contribution in [3.63, 3.8) is 0 Å². The summed E-state index contributed by atoms with van der Waals surface area (Å²) >= 11 is 0. The number of aromatic carboxylic acids is 1. The number of hydrogen-bond donors (Lipinski definition) is 3. The van der Waals surface area contributed by atoms with E-state index < -0.39 is 31.1 Å². The summed E-state index contributed by atoms with van der Waals surface area (Å²) in [7, 11) is -0.562. The Labute approximate surface area is 201 Å². The van der Waals surface area contributed by atoms with Gasteiger partial charge in [0.25, 0.3) is 0 Å². The third-order valence-electron chi connectivity index (χ3n) is 5.42. The molecule has 0 saturated carbocycles. The molecule has 0 heterocycles. The molecule has 6 nitrogen and oxygen atoms in total. The van der Waals surface area contributed by atoms with Gasteiger partial charge < -0.3 is 20.4 Å². The van der Waals surface area contributed by atoms with Crippen LogP contribution < -0.4 is 5.11 Å². The predicted octanol–water partition coefficient (Wildman–Crippen LogP) is 6.11. The number of carboxylic acids is 2. The molecule has 1 atom stereocenters. The summed E-state index contributed by atoms with van der Waals surface area (Å²) in [6, 6.07) is 5.54. The Kier molecular flexibility index (Phi) is 21.3. The van der Waals surface area contributed by atoms with Gasteiger partial charge in [-0.15, -0.1) is 0 Å². The predicted molar refractivity (Wildman–Crippen MR) is 138 cm³/mol. The van der Waals surface area contributed by atoms with E-state index in [2.05, 4.69) is 27.7 Å². The second-order valence-electron chi connectivity index (χ2n) is 8.47. The fourth-order valence-electron chi connectivity index (χ4n) is 3.29. The van der Waals surface area contributed by atoms with Gasteiger partial charge in [0.15, 0.2) is 0 Å². The Morgan fingerprint density at radius 2 is 1.15 bits per heavy atom.